The van der Waals surface area contributed by atoms with E-state index in [-0.39, 0.29) is 4.75 Å². The summed E-state index contributed by atoms with van der Waals surface area (Å²) >= 11 is 0. The molecule has 140 valence electrons. The number of nitrogens with zero attached hydrogens (tertiary/aromatic N) is 1. The van der Waals surface area contributed by atoms with Gasteiger partial charge in [-0.05, 0) is 57.9 Å². The minimum Gasteiger partial charge on any atom is -0.355 e. The van der Waals surface area contributed by atoms with E-state index in [2.05, 4.69) is 46.0 Å². The summed E-state index contributed by atoms with van der Waals surface area (Å²) in [6, 6.07) is 11.3. The van der Waals surface area contributed by atoms with Gasteiger partial charge in [-0.15, -0.1) is 0 Å². The fraction of sp³-hybridized carbons (Fsp3) is 0.650. The van der Waals surface area contributed by atoms with E-state index in [1.165, 1.54) is 18.4 Å². The first-order valence-electron chi connectivity index (χ1n) is 9.30. The molecule has 0 aliphatic heterocycles. The minimum atomic E-state index is -0.834. The van der Waals surface area contributed by atoms with Crippen LogP contribution in [0.2, 0.25) is 0 Å². The second kappa shape index (κ2) is 9.37. The van der Waals surface area contributed by atoms with Gasteiger partial charge in [0.2, 0.25) is 0 Å². The number of guanidine groups is 1. The number of nitrogens with one attached hydrogen (secondary N) is 2. The Balaban J connectivity index is 1.73. The van der Waals surface area contributed by atoms with Gasteiger partial charge in [0.1, 0.15) is 0 Å². The van der Waals surface area contributed by atoms with E-state index in [4.69, 9.17) is 0 Å². The van der Waals surface area contributed by atoms with Crippen LogP contribution in [0.25, 0.3) is 0 Å². The number of rotatable bonds is 5. The van der Waals surface area contributed by atoms with E-state index < -0.39 is 10.8 Å². The van der Waals surface area contributed by atoms with Gasteiger partial charge in [0.25, 0.3) is 0 Å². The van der Waals surface area contributed by atoms with Crippen molar-refractivity contribution in [3.05, 3.63) is 35.9 Å². The maximum Gasteiger partial charge on any atom is 0.191 e. The largest absolute Gasteiger partial charge is 0.355 e. The zero-order valence-corrected chi connectivity index (χ0v) is 16.9. The van der Waals surface area contributed by atoms with Crippen LogP contribution in [0.1, 0.15) is 57.9 Å². The molecule has 5 heteroatoms. The molecule has 0 bridgehead atoms. The maximum absolute atomic E-state index is 12.1. The third-order valence-corrected chi connectivity index (χ3v) is 6.77. The van der Waals surface area contributed by atoms with E-state index in [1.807, 2.05) is 20.8 Å². The van der Waals surface area contributed by atoms with Crippen LogP contribution >= 0.6 is 0 Å². The molecule has 0 radical (unpaired) electrons. The fourth-order valence-electron chi connectivity index (χ4n) is 3.25. The molecule has 1 unspecified atom stereocenters. The average molecular weight is 364 g/mol. The summed E-state index contributed by atoms with van der Waals surface area (Å²) in [6.45, 7) is 6.73. The van der Waals surface area contributed by atoms with Crippen LogP contribution < -0.4 is 10.6 Å². The minimum absolute atomic E-state index is 0.158. The quantitative estimate of drug-likeness (QED) is 0.622. The van der Waals surface area contributed by atoms with Gasteiger partial charge in [0, 0.05) is 40.9 Å². The van der Waals surface area contributed by atoms with Crippen molar-refractivity contribution in [1.29, 1.82) is 0 Å². The lowest BCUT2D eigenvalue weighted by Crippen LogP contribution is -2.46. The monoisotopic (exact) mass is 363 g/mol. The standard InChI is InChI=1S/C20H33N3OS/c1-20(2,3)25(24)15-14-22-19(21-4)23-18-12-10-17(11-13-18)16-8-6-5-7-9-16/h5-9,17-18H,10-15H2,1-4H3,(H2,21,22,23). The van der Waals surface area contributed by atoms with E-state index >= 15 is 0 Å². The molecule has 1 fully saturated rings. The third kappa shape index (κ3) is 6.46. The van der Waals surface area contributed by atoms with Gasteiger partial charge in [-0.2, -0.15) is 0 Å². The molecule has 0 saturated heterocycles. The molecule has 1 aliphatic carbocycles. The molecule has 2 rings (SSSR count). The van der Waals surface area contributed by atoms with E-state index in [9.17, 15) is 4.21 Å². The first-order chi connectivity index (χ1) is 11.9. The van der Waals surface area contributed by atoms with Gasteiger partial charge < -0.3 is 10.6 Å². The lowest BCUT2D eigenvalue weighted by molar-refractivity contribution is 0.371. The Labute approximate surface area is 155 Å². The van der Waals surface area contributed by atoms with Gasteiger partial charge in [-0.3, -0.25) is 9.20 Å². The van der Waals surface area contributed by atoms with Crippen LogP contribution in [-0.2, 0) is 10.8 Å². The van der Waals surface area contributed by atoms with Crippen molar-refractivity contribution in [2.24, 2.45) is 4.99 Å². The normalized spacial score (nSPS) is 23.1. The van der Waals surface area contributed by atoms with Crippen LogP contribution in [-0.4, -0.2) is 40.3 Å². The summed E-state index contributed by atoms with van der Waals surface area (Å²) in [6.07, 6.45) is 4.75. The molecule has 0 aromatic heterocycles. The van der Waals surface area contributed by atoms with Crippen LogP contribution in [0.15, 0.2) is 35.3 Å². The Kier molecular flexibility index (Phi) is 7.48. The summed E-state index contributed by atoms with van der Waals surface area (Å²) in [5.74, 6) is 2.16. The van der Waals surface area contributed by atoms with Gasteiger partial charge in [-0.25, -0.2) is 0 Å². The van der Waals surface area contributed by atoms with Gasteiger partial charge >= 0.3 is 0 Å². The van der Waals surface area contributed by atoms with Crippen molar-refractivity contribution in [2.45, 2.75) is 63.2 Å². The molecule has 1 aromatic carbocycles. The Morgan fingerprint density at radius 2 is 1.80 bits per heavy atom. The highest BCUT2D eigenvalue weighted by atomic mass is 32.2. The summed E-state index contributed by atoms with van der Waals surface area (Å²) in [5, 5.41) is 6.84. The Bertz CT molecular complexity index is 572. The first kappa shape index (κ1) is 20.0. The molecule has 1 atom stereocenters. The van der Waals surface area contributed by atoms with Crippen molar-refractivity contribution >= 4 is 16.8 Å². The Morgan fingerprint density at radius 3 is 2.36 bits per heavy atom. The first-order valence-corrected chi connectivity index (χ1v) is 10.6. The fourth-order valence-corrected chi connectivity index (χ4v) is 4.15. The van der Waals surface area contributed by atoms with Crippen molar-refractivity contribution in [3.63, 3.8) is 0 Å². The smallest absolute Gasteiger partial charge is 0.191 e. The molecule has 25 heavy (non-hydrogen) atoms. The van der Waals surface area contributed by atoms with E-state index in [0.29, 0.717) is 24.3 Å². The van der Waals surface area contributed by atoms with Crippen LogP contribution in [0, 0.1) is 0 Å². The van der Waals surface area contributed by atoms with Gasteiger partial charge in [0.05, 0.1) is 0 Å². The van der Waals surface area contributed by atoms with Crippen LogP contribution in [0.4, 0.5) is 0 Å². The van der Waals surface area contributed by atoms with Crippen LogP contribution in [0.5, 0.6) is 0 Å². The zero-order valence-electron chi connectivity index (χ0n) is 16.0. The highest BCUT2D eigenvalue weighted by Gasteiger charge is 2.23. The lowest BCUT2D eigenvalue weighted by atomic mass is 9.82. The third-order valence-electron chi connectivity index (χ3n) is 4.83. The predicted octanol–water partition coefficient (Wildman–Crippen LogP) is 3.43. The predicted molar refractivity (Wildman–Crippen MR) is 109 cm³/mol. The summed E-state index contributed by atoms with van der Waals surface area (Å²) in [5.41, 5.74) is 1.47. The number of hydrogen-bond acceptors (Lipinski definition) is 2. The molecule has 2 N–H and O–H groups in total. The summed E-state index contributed by atoms with van der Waals surface area (Å²) in [4.78, 5) is 4.31. The SMILES string of the molecule is CN=C(NCCS(=O)C(C)(C)C)NC1CCC(c2ccccc2)CC1. The van der Waals surface area contributed by atoms with Gasteiger partial charge in [-0.1, -0.05) is 30.3 Å². The second-order valence-corrected chi connectivity index (χ2v) is 10.1. The van der Waals surface area contributed by atoms with E-state index in [0.717, 1.165) is 18.8 Å². The molecule has 0 spiro atoms. The van der Waals surface area contributed by atoms with Crippen LogP contribution in [0.3, 0.4) is 0 Å². The maximum atomic E-state index is 12.1. The highest BCUT2D eigenvalue weighted by molar-refractivity contribution is 7.86. The van der Waals surface area contributed by atoms with Crippen molar-refractivity contribution < 1.29 is 4.21 Å². The highest BCUT2D eigenvalue weighted by Crippen LogP contribution is 2.32. The number of benzene rings is 1. The summed E-state index contributed by atoms with van der Waals surface area (Å²) < 4.78 is 11.9. The Hall–Kier alpha value is -1.36. The molecule has 1 saturated carbocycles. The Morgan fingerprint density at radius 1 is 1.16 bits per heavy atom. The summed E-state index contributed by atoms with van der Waals surface area (Å²) in [7, 11) is 0.964. The average Bonchev–Trinajstić information content (AvgIpc) is 2.61. The van der Waals surface area contributed by atoms with Crippen molar-refractivity contribution in [2.75, 3.05) is 19.3 Å². The van der Waals surface area contributed by atoms with Gasteiger partial charge in [0.15, 0.2) is 5.96 Å². The van der Waals surface area contributed by atoms with Crippen molar-refractivity contribution in [3.8, 4) is 0 Å². The molecule has 4 nitrogen and oxygen atoms in total. The molecule has 0 amide bonds. The van der Waals surface area contributed by atoms with E-state index in [1.54, 1.807) is 7.05 Å². The molecule has 0 heterocycles. The number of hydrogen-bond donors (Lipinski definition) is 2. The molecule has 1 aromatic rings. The zero-order chi connectivity index (χ0) is 18.3. The second-order valence-electron chi connectivity index (χ2n) is 7.76. The molecule has 1 aliphatic rings. The molecular weight excluding hydrogens is 330 g/mol. The number of aliphatic imine (C=N–C) groups is 1. The lowest BCUT2D eigenvalue weighted by Gasteiger charge is -2.30. The van der Waals surface area contributed by atoms with Crippen molar-refractivity contribution in [1.82, 2.24) is 10.6 Å². The molecular formula is C20H33N3OS. The topological polar surface area (TPSA) is 53.5 Å².